The molecule has 0 radical (unpaired) electrons. The molecule has 4 aromatic carbocycles. The van der Waals surface area contributed by atoms with E-state index in [1.165, 1.54) is 32.7 Å². The zero-order valence-corrected chi connectivity index (χ0v) is 16.1. The Bertz CT molecular complexity index is 1330. The molecule has 0 saturated carbocycles. The van der Waals surface area contributed by atoms with E-state index >= 15 is 0 Å². The molecular formula is C26H21N2+. The molecular weight excluding hydrogens is 340 g/mol. The van der Waals surface area contributed by atoms with Gasteiger partial charge in [0, 0.05) is 5.56 Å². The van der Waals surface area contributed by atoms with Crippen LogP contribution < -0.4 is 4.57 Å². The van der Waals surface area contributed by atoms with Crippen molar-refractivity contribution in [1.29, 1.82) is 0 Å². The molecule has 1 aromatic heterocycles. The number of hydrogen-bond donors (Lipinski definition) is 0. The summed E-state index contributed by atoms with van der Waals surface area (Å²) in [5.41, 5.74) is 5.78. The van der Waals surface area contributed by atoms with E-state index in [1.54, 1.807) is 0 Å². The summed E-state index contributed by atoms with van der Waals surface area (Å²) in [5, 5.41) is 4.98. The second-order valence-electron chi connectivity index (χ2n) is 7.27. The summed E-state index contributed by atoms with van der Waals surface area (Å²) < 4.78 is 2.19. The van der Waals surface area contributed by atoms with Crippen LogP contribution in [0.25, 0.3) is 44.1 Å². The Morgan fingerprint density at radius 1 is 0.714 bits per heavy atom. The molecule has 0 N–H and O–H groups in total. The third-order valence-electron chi connectivity index (χ3n) is 5.48. The highest BCUT2D eigenvalue weighted by Crippen LogP contribution is 2.31. The summed E-state index contributed by atoms with van der Waals surface area (Å²) in [4.78, 5) is 4.86. The molecule has 0 bridgehead atoms. The monoisotopic (exact) mass is 361 g/mol. The van der Waals surface area contributed by atoms with Crippen LogP contribution in [-0.2, 0) is 7.05 Å². The molecule has 2 nitrogen and oxygen atoms in total. The minimum atomic E-state index is 0.987. The molecule has 0 aliphatic rings. The first kappa shape index (κ1) is 16.6. The van der Waals surface area contributed by atoms with E-state index in [4.69, 9.17) is 4.98 Å². The minimum absolute atomic E-state index is 0.987. The molecule has 28 heavy (non-hydrogen) atoms. The Balaban J connectivity index is 1.71. The number of aryl methyl sites for hydroxylation is 2. The van der Waals surface area contributed by atoms with Gasteiger partial charge in [0.25, 0.3) is 0 Å². The Morgan fingerprint density at radius 3 is 2.18 bits per heavy atom. The number of hydrogen-bond acceptors (Lipinski definition) is 1. The summed E-state index contributed by atoms with van der Waals surface area (Å²) in [6.07, 6.45) is 4.14. The minimum Gasteiger partial charge on any atom is -0.243 e. The molecule has 2 heteroatoms. The fourth-order valence-electron chi connectivity index (χ4n) is 4.06. The van der Waals surface area contributed by atoms with Gasteiger partial charge in [-0.25, -0.2) is 4.98 Å². The molecule has 0 atom stereocenters. The summed E-state index contributed by atoms with van der Waals surface area (Å²) in [6, 6.07) is 27.8. The van der Waals surface area contributed by atoms with Crippen molar-refractivity contribution in [3.05, 3.63) is 96.8 Å². The topological polar surface area (TPSA) is 16.8 Å². The highest BCUT2D eigenvalue weighted by Gasteiger charge is 2.18. The van der Waals surface area contributed by atoms with Gasteiger partial charge in [0.15, 0.2) is 6.20 Å². The van der Waals surface area contributed by atoms with Crippen molar-refractivity contribution in [1.82, 2.24) is 4.98 Å². The molecule has 0 spiro atoms. The first-order chi connectivity index (χ1) is 13.7. The van der Waals surface area contributed by atoms with Crippen LogP contribution in [0.1, 0.15) is 5.56 Å². The average molecular weight is 361 g/mol. The van der Waals surface area contributed by atoms with E-state index in [0.29, 0.717) is 0 Å². The smallest absolute Gasteiger partial charge is 0.231 e. The van der Waals surface area contributed by atoms with Gasteiger partial charge in [-0.2, -0.15) is 4.57 Å². The summed E-state index contributed by atoms with van der Waals surface area (Å²) in [7, 11) is 2.10. The lowest BCUT2D eigenvalue weighted by Crippen LogP contribution is -2.31. The molecule has 1 heterocycles. The van der Waals surface area contributed by atoms with Crippen molar-refractivity contribution in [2.75, 3.05) is 0 Å². The van der Waals surface area contributed by atoms with Gasteiger partial charge in [-0.05, 0) is 34.0 Å². The van der Waals surface area contributed by atoms with Crippen molar-refractivity contribution in [3.8, 4) is 22.5 Å². The highest BCUT2D eigenvalue weighted by molar-refractivity contribution is 5.97. The zero-order chi connectivity index (χ0) is 19.1. The molecule has 5 aromatic rings. The van der Waals surface area contributed by atoms with E-state index in [2.05, 4.69) is 104 Å². The Hall–Kier alpha value is -3.52. The van der Waals surface area contributed by atoms with Crippen LogP contribution in [0.5, 0.6) is 0 Å². The first-order valence-corrected chi connectivity index (χ1v) is 9.55. The summed E-state index contributed by atoms with van der Waals surface area (Å²) in [5.74, 6) is 0. The van der Waals surface area contributed by atoms with Gasteiger partial charge < -0.3 is 0 Å². The number of nitrogens with zero attached hydrogens (tertiary/aromatic N) is 2. The van der Waals surface area contributed by atoms with Crippen molar-refractivity contribution in [3.63, 3.8) is 0 Å². The van der Waals surface area contributed by atoms with Gasteiger partial charge in [0.05, 0.1) is 5.56 Å². The maximum absolute atomic E-state index is 4.86. The van der Waals surface area contributed by atoms with Gasteiger partial charge in [-0.3, -0.25) is 0 Å². The van der Waals surface area contributed by atoms with Crippen LogP contribution in [-0.4, -0.2) is 4.98 Å². The van der Waals surface area contributed by atoms with Gasteiger partial charge in [0.1, 0.15) is 18.9 Å². The lowest BCUT2D eigenvalue weighted by molar-refractivity contribution is -0.660. The Labute approximate surface area is 164 Å². The van der Waals surface area contributed by atoms with Crippen LogP contribution in [0.3, 0.4) is 0 Å². The maximum Gasteiger partial charge on any atom is 0.231 e. The molecule has 0 fully saturated rings. The molecule has 5 rings (SSSR count). The fraction of sp³-hybridized carbons (Fsp3) is 0.0769. The molecule has 0 amide bonds. The zero-order valence-electron chi connectivity index (χ0n) is 16.1. The predicted octanol–water partition coefficient (Wildman–Crippen LogP) is 5.85. The van der Waals surface area contributed by atoms with E-state index in [-0.39, 0.29) is 0 Å². The lowest BCUT2D eigenvalue weighted by Gasteiger charge is -2.10. The SMILES string of the molecule is Cc1ccc2ccccc2c1-c1cnc(-c2cccc3ccccc23)c[n+]1C. The number of fused-ring (bicyclic) bond motifs is 2. The van der Waals surface area contributed by atoms with Gasteiger partial charge >= 0.3 is 0 Å². The molecule has 0 aliphatic carbocycles. The van der Waals surface area contributed by atoms with E-state index in [9.17, 15) is 0 Å². The molecule has 0 saturated heterocycles. The highest BCUT2D eigenvalue weighted by atomic mass is 15.0. The second kappa shape index (κ2) is 6.58. The van der Waals surface area contributed by atoms with Crippen LogP contribution in [0.15, 0.2) is 91.3 Å². The van der Waals surface area contributed by atoms with E-state index in [1.807, 2.05) is 6.20 Å². The van der Waals surface area contributed by atoms with Gasteiger partial charge in [-0.15, -0.1) is 0 Å². The van der Waals surface area contributed by atoms with Crippen LogP contribution in [0.2, 0.25) is 0 Å². The van der Waals surface area contributed by atoms with Gasteiger partial charge in [-0.1, -0.05) is 78.9 Å². The van der Waals surface area contributed by atoms with E-state index in [0.717, 1.165) is 17.0 Å². The Kier molecular flexibility index (Phi) is 3.91. The van der Waals surface area contributed by atoms with Crippen molar-refractivity contribution < 1.29 is 4.57 Å². The molecule has 0 aliphatic heterocycles. The van der Waals surface area contributed by atoms with Crippen LogP contribution >= 0.6 is 0 Å². The maximum atomic E-state index is 4.86. The third kappa shape index (κ3) is 2.66. The van der Waals surface area contributed by atoms with Crippen molar-refractivity contribution in [2.24, 2.45) is 7.05 Å². The van der Waals surface area contributed by atoms with Gasteiger partial charge in [0.2, 0.25) is 5.69 Å². The van der Waals surface area contributed by atoms with Crippen molar-refractivity contribution in [2.45, 2.75) is 6.92 Å². The van der Waals surface area contributed by atoms with E-state index < -0.39 is 0 Å². The molecule has 0 unspecified atom stereocenters. The van der Waals surface area contributed by atoms with Crippen molar-refractivity contribution >= 4 is 21.5 Å². The standard InChI is InChI=1S/C26H21N2/c1-18-14-15-20-9-4-6-12-22(20)26(18)25-16-27-24(17-28(25)2)23-13-7-10-19-8-3-5-11-21(19)23/h3-17H,1-2H3/q+1. The second-order valence-corrected chi connectivity index (χ2v) is 7.27. The average Bonchev–Trinajstić information content (AvgIpc) is 2.74. The third-order valence-corrected chi connectivity index (χ3v) is 5.48. The number of rotatable bonds is 2. The van der Waals surface area contributed by atoms with Crippen LogP contribution in [0, 0.1) is 6.92 Å². The number of benzene rings is 4. The Morgan fingerprint density at radius 2 is 1.39 bits per heavy atom. The summed E-state index contributed by atoms with van der Waals surface area (Å²) >= 11 is 0. The normalized spacial score (nSPS) is 11.2. The number of aromatic nitrogens is 2. The predicted molar refractivity (Wildman–Crippen MR) is 116 cm³/mol. The fourth-order valence-corrected chi connectivity index (χ4v) is 4.06. The largest absolute Gasteiger partial charge is 0.243 e. The van der Waals surface area contributed by atoms with Crippen LogP contribution in [0.4, 0.5) is 0 Å². The quantitative estimate of drug-likeness (QED) is 0.360. The summed E-state index contributed by atoms with van der Waals surface area (Å²) in [6.45, 7) is 2.17. The first-order valence-electron chi connectivity index (χ1n) is 9.55. The molecule has 134 valence electrons. The lowest BCUT2D eigenvalue weighted by atomic mass is 9.97.